The Kier molecular flexibility index (Phi) is 7.70. The van der Waals surface area contributed by atoms with E-state index in [1.165, 1.54) is 0 Å². The highest BCUT2D eigenvalue weighted by Gasteiger charge is 2.19. The molecule has 9 heteroatoms. The molecule has 0 radical (unpaired) electrons. The van der Waals surface area contributed by atoms with E-state index in [1.807, 2.05) is 28.9 Å². The van der Waals surface area contributed by atoms with Crippen LogP contribution in [-0.4, -0.2) is 65.3 Å². The van der Waals surface area contributed by atoms with Crippen LogP contribution in [0.5, 0.6) is 5.75 Å². The number of rotatable bonds is 9. The third-order valence-electron chi connectivity index (χ3n) is 5.74. The summed E-state index contributed by atoms with van der Waals surface area (Å²) in [7, 11) is 1.79. The Hall–Kier alpha value is -2.39. The zero-order valence-electron chi connectivity index (χ0n) is 19.3. The number of halogens is 1. The van der Waals surface area contributed by atoms with E-state index in [-0.39, 0.29) is 12.5 Å². The summed E-state index contributed by atoms with van der Waals surface area (Å²) in [5.74, 6) is 1.76. The summed E-state index contributed by atoms with van der Waals surface area (Å²) in [6.45, 7) is 6.40. The van der Waals surface area contributed by atoms with Crippen LogP contribution in [0.1, 0.15) is 38.2 Å². The number of hydrogen-bond donors (Lipinski definition) is 3. The van der Waals surface area contributed by atoms with Crippen molar-refractivity contribution in [2.45, 2.75) is 44.8 Å². The molecule has 3 aromatic rings. The molecule has 0 aliphatic carbocycles. The van der Waals surface area contributed by atoms with Crippen molar-refractivity contribution in [3.05, 3.63) is 41.0 Å². The Morgan fingerprint density at radius 2 is 2.03 bits per heavy atom. The van der Waals surface area contributed by atoms with Crippen LogP contribution in [0.3, 0.4) is 0 Å². The predicted octanol–water partition coefficient (Wildman–Crippen LogP) is 3.72. The molecule has 8 nitrogen and oxygen atoms in total. The molecule has 3 heterocycles. The number of fused-ring (bicyclic) bond motifs is 1. The lowest BCUT2D eigenvalue weighted by Crippen LogP contribution is -2.29. The largest absolute Gasteiger partial charge is 0.491 e. The highest BCUT2D eigenvalue weighted by molar-refractivity contribution is 6.31. The van der Waals surface area contributed by atoms with Gasteiger partial charge in [-0.05, 0) is 44.0 Å². The normalized spacial score (nSPS) is 15.8. The molecule has 1 aliphatic heterocycles. The van der Waals surface area contributed by atoms with E-state index in [9.17, 15) is 5.11 Å². The van der Waals surface area contributed by atoms with E-state index in [4.69, 9.17) is 26.1 Å². The van der Waals surface area contributed by atoms with Gasteiger partial charge in [0.2, 0.25) is 0 Å². The van der Waals surface area contributed by atoms with Gasteiger partial charge in [0, 0.05) is 48.0 Å². The number of nitrogens with zero attached hydrogens (tertiary/aromatic N) is 3. The Labute approximate surface area is 199 Å². The van der Waals surface area contributed by atoms with Gasteiger partial charge < -0.3 is 25.2 Å². The number of benzene rings is 1. The second-order valence-corrected chi connectivity index (χ2v) is 9.18. The Bertz CT molecular complexity index is 1080. The van der Waals surface area contributed by atoms with Gasteiger partial charge in [-0.25, -0.2) is 4.98 Å². The number of likely N-dealkylation sites (N-methyl/N-ethyl adjacent to an activating group) is 1. The van der Waals surface area contributed by atoms with E-state index < -0.39 is 6.10 Å². The number of ether oxygens (including phenoxy) is 2. The van der Waals surface area contributed by atoms with Crippen LogP contribution in [-0.2, 0) is 4.74 Å². The quantitative estimate of drug-likeness (QED) is 0.436. The molecular weight excluding hydrogens is 442 g/mol. The average Bonchev–Trinajstić information content (AvgIpc) is 3.23. The van der Waals surface area contributed by atoms with E-state index in [0.717, 1.165) is 54.3 Å². The first kappa shape index (κ1) is 23.8. The van der Waals surface area contributed by atoms with Crippen molar-refractivity contribution in [2.24, 2.45) is 0 Å². The van der Waals surface area contributed by atoms with E-state index in [1.54, 1.807) is 13.1 Å². The number of anilines is 1. The second-order valence-electron chi connectivity index (χ2n) is 8.75. The lowest BCUT2D eigenvalue weighted by molar-refractivity contribution is 0.0903. The monoisotopic (exact) mass is 473 g/mol. The molecule has 2 aromatic heterocycles. The topological polar surface area (TPSA) is 92.9 Å². The summed E-state index contributed by atoms with van der Waals surface area (Å²) in [6.07, 6.45) is 3.17. The third kappa shape index (κ3) is 5.76. The second kappa shape index (κ2) is 10.7. The van der Waals surface area contributed by atoms with Gasteiger partial charge in [0.25, 0.3) is 0 Å². The summed E-state index contributed by atoms with van der Waals surface area (Å²) in [5.41, 5.74) is 3.53. The molecule has 4 rings (SSSR count). The maximum atomic E-state index is 9.98. The van der Waals surface area contributed by atoms with Crippen molar-refractivity contribution in [3.63, 3.8) is 0 Å². The number of nitrogens with one attached hydrogen (secondary N) is 2. The number of hydrogen-bond acceptors (Lipinski definition) is 7. The molecule has 0 amide bonds. The molecule has 1 fully saturated rings. The summed E-state index contributed by atoms with van der Waals surface area (Å²) >= 11 is 6.42. The predicted molar refractivity (Wildman–Crippen MR) is 130 cm³/mol. The van der Waals surface area contributed by atoms with E-state index >= 15 is 0 Å². The molecule has 1 aliphatic rings. The molecule has 0 saturated carbocycles. The Balaban J connectivity index is 1.71. The van der Waals surface area contributed by atoms with Crippen molar-refractivity contribution in [1.29, 1.82) is 0 Å². The van der Waals surface area contributed by atoms with Crippen LogP contribution in [0.25, 0.3) is 16.9 Å². The fourth-order valence-corrected chi connectivity index (χ4v) is 4.19. The van der Waals surface area contributed by atoms with Crippen molar-refractivity contribution >= 4 is 23.1 Å². The SMILES string of the molecule is CNCC(O)COc1cc(Cl)cc(-c2cc(NC3CCOCC3)n3ncc(C(C)C)c3n2)c1. The zero-order valence-corrected chi connectivity index (χ0v) is 20.1. The average molecular weight is 474 g/mol. The maximum Gasteiger partial charge on any atom is 0.161 e. The van der Waals surface area contributed by atoms with E-state index in [0.29, 0.717) is 23.4 Å². The van der Waals surface area contributed by atoms with Crippen LogP contribution >= 0.6 is 11.6 Å². The van der Waals surface area contributed by atoms with Crippen molar-refractivity contribution < 1.29 is 14.6 Å². The highest BCUT2D eigenvalue weighted by Crippen LogP contribution is 2.31. The molecule has 33 heavy (non-hydrogen) atoms. The van der Waals surface area contributed by atoms with Crippen LogP contribution in [0.15, 0.2) is 30.5 Å². The molecule has 3 N–H and O–H groups in total. The highest BCUT2D eigenvalue weighted by atomic mass is 35.5. The molecule has 0 bridgehead atoms. The fourth-order valence-electron chi connectivity index (χ4n) is 3.97. The van der Waals surface area contributed by atoms with Crippen LogP contribution in [0.2, 0.25) is 5.02 Å². The summed E-state index contributed by atoms with van der Waals surface area (Å²) < 4.78 is 13.2. The van der Waals surface area contributed by atoms with E-state index in [2.05, 4.69) is 29.6 Å². The fraction of sp³-hybridized carbons (Fsp3) is 0.500. The molecule has 1 aromatic carbocycles. The lowest BCUT2D eigenvalue weighted by Gasteiger charge is -2.24. The van der Waals surface area contributed by atoms with Crippen molar-refractivity contribution in [2.75, 3.05) is 38.7 Å². The van der Waals surface area contributed by atoms with Crippen molar-refractivity contribution in [3.8, 4) is 17.0 Å². The van der Waals surface area contributed by atoms with Gasteiger partial charge in [-0.2, -0.15) is 9.61 Å². The van der Waals surface area contributed by atoms with Gasteiger partial charge in [0.15, 0.2) is 5.65 Å². The minimum Gasteiger partial charge on any atom is -0.491 e. The van der Waals surface area contributed by atoms with Gasteiger partial charge in [-0.15, -0.1) is 0 Å². The minimum atomic E-state index is -0.609. The molecule has 1 unspecified atom stereocenters. The first-order valence-electron chi connectivity index (χ1n) is 11.4. The number of aliphatic hydroxyl groups is 1. The first-order valence-corrected chi connectivity index (χ1v) is 11.8. The zero-order chi connectivity index (χ0) is 23.4. The number of aromatic nitrogens is 3. The molecule has 0 spiro atoms. The first-order chi connectivity index (χ1) is 15.9. The molecule has 1 saturated heterocycles. The van der Waals surface area contributed by atoms with Gasteiger partial charge in [0.1, 0.15) is 24.3 Å². The Morgan fingerprint density at radius 3 is 2.76 bits per heavy atom. The summed E-state index contributed by atoms with van der Waals surface area (Å²) in [4.78, 5) is 4.95. The molecule has 178 valence electrons. The van der Waals surface area contributed by atoms with Gasteiger partial charge in [0.05, 0.1) is 11.9 Å². The minimum absolute atomic E-state index is 0.170. The molecular formula is C24H32ClN5O3. The summed E-state index contributed by atoms with van der Waals surface area (Å²) in [6, 6.07) is 7.84. The smallest absolute Gasteiger partial charge is 0.161 e. The van der Waals surface area contributed by atoms with Crippen LogP contribution in [0, 0.1) is 0 Å². The lowest BCUT2D eigenvalue weighted by atomic mass is 10.1. The summed E-state index contributed by atoms with van der Waals surface area (Å²) in [5, 5.41) is 21.7. The van der Waals surface area contributed by atoms with Crippen LogP contribution in [0.4, 0.5) is 5.82 Å². The van der Waals surface area contributed by atoms with Gasteiger partial charge in [-0.3, -0.25) is 0 Å². The van der Waals surface area contributed by atoms with Gasteiger partial charge >= 0.3 is 0 Å². The standard InChI is InChI=1S/C24H32ClN5O3/c1-15(2)21-13-27-30-23(28-18-4-6-32-7-5-18)11-22(29-24(21)30)16-8-17(25)10-20(9-16)33-14-19(31)12-26-3/h8-11,13,15,18-19,26,28,31H,4-7,12,14H2,1-3H3. The van der Waals surface area contributed by atoms with Crippen molar-refractivity contribution in [1.82, 2.24) is 19.9 Å². The van der Waals surface area contributed by atoms with Gasteiger partial charge in [-0.1, -0.05) is 25.4 Å². The number of aliphatic hydroxyl groups excluding tert-OH is 1. The Morgan fingerprint density at radius 1 is 1.24 bits per heavy atom. The maximum absolute atomic E-state index is 9.98. The third-order valence-corrected chi connectivity index (χ3v) is 5.96. The van der Waals surface area contributed by atoms with Crippen LogP contribution < -0.4 is 15.4 Å². The molecule has 1 atom stereocenters.